The molecule has 3 amide bonds. The molecule has 1 aromatic carbocycles. The summed E-state index contributed by atoms with van der Waals surface area (Å²) < 4.78 is 5.06. The highest BCUT2D eigenvalue weighted by Gasteiger charge is 2.26. The van der Waals surface area contributed by atoms with Crippen LogP contribution in [-0.2, 0) is 19.1 Å². The molecule has 1 aliphatic heterocycles. The molecular formula is C16H19N3O5S. The Morgan fingerprint density at radius 2 is 1.80 bits per heavy atom. The van der Waals surface area contributed by atoms with Crippen molar-refractivity contribution in [2.45, 2.75) is 20.0 Å². The monoisotopic (exact) mass is 365 g/mol. The van der Waals surface area contributed by atoms with E-state index in [-0.39, 0.29) is 17.7 Å². The molecule has 0 radical (unpaired) electrons. The summed E-state index contributed by atoms with van der Waals surface area (Å²) in [5.41, 5.74) is 1.12. The molecule has 9 heteroatoms. The SMILES string of the molecule is CC(=O)Nc1ccc(NC(=O)[C@@H](C)OC(=O)CN2CCSC2=O)cc1. The van der Waals surface area contributed by atoms with Crippen LogP contribution in [-0.4, -0.2) is 52.9 Å². The van der Waals surface area contributed by atoms with Gasteiger partial charge in [-0.15, -0.1) is 0 Å². The summed E-state index contributed by atoms with van der Waals surface area (Å²) >= 11 is 1.15. The van der Waals surface area contributed by atoms with Gasteiger partial charge in [0.05, 0.1) is 0 Å². The van der Waals surface area contributed by atoms with E-state index in [9.17, 15) is 19.2 Å². The summed E-state index contributed by atoms with van der Waals surface area (Å²) in [4.78, 5) is 47.7. The van der Waals surface area contributed by atoms with Crippen molar-refractivity contribution in [1.29, 1.82) is 0 Å². The highest BCUT2D eigenvalue weighted by atomic mass is 32.2. The van der Waals surface area contributed by atoms with Crippen molar-refractivity contribution in [1.82, 2.24) is 4.90 Å². The van der Waals surface area contributed by atoms with Crippen LogP contribution in [0.3, 0.4) is 0 Å². The Bertz CT molecular complexity index is 677. The van der Waals surface area contributed by atoms with Gasteiger partial charge in [-0.1, -0.05) is 11.8 Å². The number of ether oxygens (including phenoxy) is 1. The zero-order chi connectivity index (χ0) is 18.4. The van der Waals surface area contributed by atoms with Gasteiger partial charge in [-0.2, -0.15) is 0 Å². The van der Waals surface area contributed by atoms with Crippen LogP contribution in [0.4, 0.5) is 16.2 Å². The first-order chi connectivity index (χ1) is 11.8. The van der Waals surface area contributed by atoms with Crippen LogP contribution >= 0.6 is 11.8 Å². The number of hydrogen-bond donors (Lipinski definition) is 2. The first-order valence-electron chi connectivity index (χ1n) is 7.65. The lowest BCUT2D eigenvalue weighted by molar-refractivity contribution is -0.153. The molecule has 0 bridgehead atoms. The number of hydrogen-bond acceptors (Lipinski definition) is 6. The maximum Gasteiger partial charge on any atom is 0.326 e. The number of benzene rings is 1. The minimum Gasteiger partial charge on any atom is -0.451 e. The molecule has 0 spiro atoms. The van der Waals surface area contributed by atoms with Crippen molar-refractivity contribution < 1.29 is 23.9 Å². The van der Waals surface area contributed by atoms with Gasteiger partial charge < -0.3 is 20.3 Å². The van der Waals surface area contributed by atoms with E-state index >= 15 is 0 Å². The summed E-state index contributed by atoms with van der Waals surface area (Å²) in [6.07, 6.45) is -0.993. The van der Waals surface area contributed by atoms with Crippen LogP contribution in [0.1, 0.15) is 13.8 Å². The number of carbonyl (C=O) groups excluding carboxylic acids is 4. The topological polar surface area (TPSA) is 105 Å². The molecule has 8 nitrogen and oxygen atoms in total. The third-order valence-electron chi connectivity index (χ3n) is 3.32. The van der Waals surface area contributed by atoms with Gasteiger partial charge >= 0.3 is 5.97 Å². The smallest absolute Gasteiger partial charge is 0.326 e. The molecule has 1 aliphatic rings. The number of rotatable bonds is 6. The Kier molecular flexibility index (Phi) is 6.40. The lowest BCUT2D eigenvalue weighted by Gasteiger charge is -2.17. The second kappa shape index (κ2) is 8.52. The molecule has 1 saturated heterocycles. The van der Waals surface area contributed by atoms with E-state index in [0.29, 0.717) is 23.7 Å². The maximum absolute atomic E-state index is 12.1. The average Bonchev–Trinajstić information content (AvgIpc) is 2.93. The maximum atomic E-state index is 12.1. The van der Waals surface area contributed by atoms with E-state index in [0.717, 1.165) is 11.8 Å². The molecule has 1 atom stereocenters. The molecule has 0 aromatic heterocycles. The van der Waals surface area contributed by atoms with Gasteiger partial charge in [0.1, 0.15) is 6.54 Å². The molecule has 2 rings (SSSR count). The number of amides is 3. The average molecular weight is 365 g/mol. The van der Waals surface area contributed by atoms with Gasteiger partial charge in [0, 0.05) is 30.6 Å². The summed E-state index contributed by atoms with van der Waals surface area (Å²) in [5.74, 6) is -0.647. The number of esters is 1. The summed E-state index contributed by atoms with van der Waals surface area (Å²) in [6.45, 7) is 3.20. The van der Waals surface area contributed by atoms with Crippen molar-refractivity contribution in [2.24, 2.45) is 0 Å². The molecule has 1 aromatic rings. The van der Waals surface area contributed by atoms with Crippen molar-refractivity contribution in [3.63, 3.8) is 0 Å². The Labute approximate surface area is 149 Å². The molecule has 0 saturated carbocycles. The summed E-state index contributed by atoms with van der Waals surface area (Å²) in [7, 11) is 0. The zero-order valence-electron chi connectivity index (χ0n) is 13.9. The first kappa shape index (κ1) is 18.8. The number of carbonyl (C=O) groups is 4. The molecule has 1 fully saturated rings. The molecule has 0 unspecified atom stereocenters. The molecule has 0 aliphatic carbocycles. The van der Waals surface area contributed by atoms with E-state index in [1.54, 1.807) is 24.3 Å². The molecule has 25 heavy (non-hydrogen) atoms. The Balaban J connectivity index is 1.82. The second-order valence-electron chi connectivity index (χ2n) is 5.42. The minimum atomic E-state index is -0.993. The summed E-state index contributed by atoms with van der Waals surface area (Å²) in [5, 5.41) is 5.07. The van der Waals surface area contributed by atoms with Gasteiger partial charge in [0.2, 0.25) is 5.91 Å². The zero-order valence-corrected chi connectivity index (χ0v) is 14.7. The highest BCUT2D eigenvalue weighted by molar-refractivity contribution is 8.13. The van der Waals surface area contributed by atoms with Crippen LogP contribution in [0.25, 0.3) is 0 Å². The fourth-order valence-corrected chi connectivity index (χ4v) is 2.92. The highest BCUT2D eigenvalue weighted by Crippen LogP contribution is 2.17. The van der Waals surface area contributed by atoms with E-state index in [4.69, 9.17) is 4.74 Å². The lowest BCUT2D eigenvalue weighted by Crippen LogP contribution is -2.36. The largest absolute Gasteiger partial charge is 0.451 e. The van der Waals surface area contributed by atoms with Gasteiger partial charge in [-0.05, 0) is 31.2 Å². The minimum absolute atomic E-state index is 0.158. The third kappa shape index (κ3) is 5.79. The van der Waals surface area contributed by atoms with Gasteiger partial charge in [-0.25, -0.2) is 0 Å². The van der Waals surface area contributed by atoms with E-state index in [1.165, 1.54) is 18.7 Å². The predicted octanol–water partition coefficient (Wildman–Crippen LogP) is 1.68. The van der Waals surface area contributed by atoms with E-state index in [2.05, 4.69) is 10.6 Å². The molecule has 2 N–H and O–H groups in total. The normalized spacial score (nSPS) is 14.8. The van der Waals surface area contributed by atoms with Crippen molar-refractivity contribution >= 4 is 46.2 Å². The van der Waals surface area contributed by atoms with Crippen LogP contribution in [0.15, 0.2) is 24.3 Å². The van der Waals surface area contributed by atoms with Crippen molar-refractivity contribution in [2.75, 3.05) is 29.5 Å². The fraction of sp³-hybridized carbons (Fsp3) is 0.375. The van der Waals surface area contributed by atoms with E-state index in [1.807, 2.05) is 0 Å². The number of anilines is 2. The second-order valence-corrected chi connectivity index (χ2v) is 6.46. The first-order valence-corrected chi connectivity index (χ1v) is 8.63. The number of thioether (sulfide) groups is 1. The Morgan fingerprint density at radius 3 is 2.32 bits per heavy atom. The summed E-state index contributed by atoms with van der Waals surface area (Å²) in [6, 6.07) is 6.53. The molecular weight excluding hydrogens is 346 g/mol. The van der Waals surface area contributed by atoms with Crippen molar-refractivity contribution in [3.05, 3.63) is 24.3 Å². The third-order valence-corrected chi connectivity index (χ3v) is 4.21. The number of nitrogens with zero attached hydrogens (tertiary/aromatic N) is 1. The van der Waals surface area contributed by atoms with E-state index < -0.39 is 18.0 Å². The predicted molar refractivity (Wildman–Crippen MR) is 94.4 cm³/mol. The van der Waals surface area contributed by atoms with Gasteiger partial charge in [-0.3, -0.25) is 19.2 Å². The molecule has 1 heterocycles. The Hall–Kier alpha value is -2.55. The van der Waals surface area contributed by atoms with Crippen LogP contribution in [0.2, 0.25) is 0 Å². The molecule has 134 valence electrons. The van der Waals surface area contributed by atoms with Crippen LogP contribution in [0.5, 0.6) is 0 Å². The quantitative estimate of drug-likeness (QED) is 0.743. The van der Waals surface area contributed by atoms with Crippen LogP contribution in [0, 0.1) is 0 Å². The number of nitrogens with one attached hydrogen (secondary N) is 2. The van der Waals surface area contributed by atoms with Gasteiger partial charge in [0.25, 0.3) is 11.1 Å². The fourth-order valence-electron chi connectivity index (χ4n) is 2.10. The van der Waals surface area contributed by atoms with Crippen molar-refractivity contribution in [3.8, 4) is 0 Å². The van der Waals surface area contributed by atoms with Crippen LogP contribution < -0.4 is 10.6 Å². The Morgan fingerprint density at radius 1 is 1.20 bits per heavy atom. The lowest BCUT2D eigenvalue weighted by atomic mass is 10.2. The standard InChI is InChI=1S/C16H19N3O5S/c1-10(24-14(21)9-19-7-8-25-16(19)23)15(22)18-13-5-3-12(4-6-13)17-11(2)20/h3-6,10H,7-9H2,1-2H3,(H,17,20)(H,18,22)/t10-/m1/s1. The van der Waals surface area contributed by atoms with Gasteiger partial charge in [0.15, 0.2) is 6.10 Å².